The molecule has 4 heteroatoms. The van der Waals surface area contributed by atoms with Crippen LogP contribution >= 0.6 is 0 Å². The molecule has 0 saturated heterocycles. The van der Waals surface area contributed by atoms with Gasteiger partial charge in [0.2, 0.25) is 0 Å². The van der Waals surface area contributed by atoms with Crippen LogP contribution in [0.5, 0.6) is 11.5 Å². The third-order valence-electron chi connectivity index (χ3n) is 3.00. The molecule has 0 bridgehead atoms. The normalized spacial score (nSPS) is 12.0. The number of para-hydroxylation sites is 1. The molecular weight excluding hydrogens is 252 g/mol. The maximum absolute atomic E-state index is 5.94. The van der Waals surface area contributed by atoms with Crippen LogP contribution < -0.4 is 15.2 Å². The summed E-state index contributed by atoms with van der Waals surface area (Å²) in [5.41, 5.74) is 8.67. The molecule has 0 aliphatic carbocycles. The lowest BCUT2D eigenvalue weighted by Crippen LogP contribution is -2.08. The zero-order chi connectivity index (χ0) is 14.5. The number of rotatable bonds is 5. The zero-order valence-electron chi connectivity index (χ0n) is 12.1. The van der Waals surface area contributed by atoms with E-state index in [1.165, 1.54) is 0 Å². The number of nitrogens with two attached hydrogens (primary N) is 1. The van der Waals surface area contributed by atoms with Gasteiger partial charge in [0, 0.05) is 29.4 Å². The van der Waals surface area contributed by atoms with Crippen molar-refractivity contribution >= 4 is 0 Å². The first-order valence-corrected chi connectivity index (χ1v) is 6.59. The fourth-order valence-corrected chi connectivity index (χ4v) is 2.03. The van der Waals surface area contributed by atoms with Crippen LogP contribution in [0.2, 0.25) is 0 Å². The number of methoxy groups -OCH3 is 1. The Morgan fingerprint density at radius 3 is 2.70 bits per heavy atom. The highest BCUT2D eigenvalue weighted by Gasteiger charge is 2.08. The Morgan fingerprint density at radius 1 is 1.25 bits per heavy atom. The summed E-state index contributed by atoms with van der Waals surface area (Å²) >= 11 is 0. The maximum Gasteiger partial charge on any atom is 0.130 e. The van der Waals surface area contributed by atoms with Gasteiger partial charge in [-0.1, -0.05) is 18.2 Å². The average molecular weight is 272 g/mol. The van der Waals surface area contributed by atoms with E-state index in [1.807, 2.05) is 50.2 Å². The molecule has 0 aliphatic rings. The van der Waals surface area contributed by atoms with E-state index >= 15 is 0 Å². The number of hydrogen-bond donors (Lipinski definition) is 1. The summed E-state index contributed by atoms with van der Waals surface area (Å²) in [5.74, 6) is 1.58. The predicted molar refractivity (Wildman–Crippen MR) is 78.9 cm³/mol. The summed E-state index contributed by atoms with van der Waals surface area (Å²) in [4.78, 5) is 4.44. The second-order valence-corrected chi connectivity index (χ2v) is 4.75. The van der Waals surface area contributed by atoms with Crippen LogP contribution in [-0.4, -0.2) is 12.1 Å². The van der Waals surface area contributed by atoms with E-state index in [4.69, 9.17) is 15.2 Å². The summed E-state index contributed by atoms with van der Waals surface area (Å²) in [6, 6.07) is 11.5. The van der Waals surface area contributed by atoms with Gasteiger partial charge in [0.05, 0.1) is 12.8 Å². The van der Waals surface area contributed by atoms with E-state index in [2.05, 4.69) is 4.98 Å². The van der Waals surface area contributed by atoms with Crippen LogP contribution in [0.1, 0.15) is 29.9 Å². The molecule has 0 amide bonds. The van der Waals surface area contributed by atoms with E-state index < -0.39 is 0 Å². The fourth-order valence-electron chi connectivity index (χ4n) is 2.03. The van der Waals surface area contributed by atoms with Crippen LogP contribution in [-0.2, 0) is 6.61 Å². The smallest absolute Gasteiger partial charge is 0.130 e. The van der Waals surface area contributed by atoms with Gasteiger partial charge in [0.15, 0.2) is 0 Å². The largest absolute Gasteiger partial charge is 0.497 e. The summed E-state index contributed by atoms with van der Waals surface area (Å²) in [5, 5.41) is 0. The summed E-state index contributed by atoms with van der Waals surface area (Å²) in [7, 11) is 1.64. The van der Waals surface area contributed by atoms with Crippen LogP contribution in [0.3, 0.4) is 0 Å². The van der Waals surface area contributed by atoms with Crippen molar-refractivity contribution in [3.8, 4) is 11.5 Å². The number of aryl methyl sites for hydroxylation is 1. The van der Waals surface area contributed by atoms with Gasteiger partial charge in [0.1, 0.15) is 18.1 Å². The molecule has 4 nitrogen and oxygen atoms in total. The molecular formula is C16H20N2O2. The molecule has 20 heavy (non-hydrogen) atoms. The highest BCUT2D eigenvalue weighted by Crippen LogP contribution is 2.24. The molecule has 1 atom stereocenters. The molecule has 106 valence electrons. The third-order valence-corrected chi connectivity index (χ3v) is 3.00. The van der Waals surface area contributed by atoms with Gasteiger partial charge in [0.25, 0.3) is 0 Å². The summed E-state index contributed by atoms with van der Waals surface area (Å²) in [6.45, 7) is 4.26. The van der Waals surface area contributed by atoms with Gasteiger partial charge in [-0.3, -0.25) is 4.98 Å². The number of ether oxygens (including phenoxy) is 2. The standard InChI is InChI=1S/C16H20N2O2/c1-11-8-14(19-3)9-13(18-11)10-20-16-7-5-4-6-15(16)12(2)17/h4-9,12H,10,17H2,1-3H3. The molecule has 1 unspecified atom stereocenters. The molecule has 2 N–H and O–H groups in total. The first-order valence-electron chi connectivity index (χ1n) is 6.59. The average Bonchev–Trinajstić information content (AvgIpc) is 2.44. The van der Waals surface area contributed by atoms with E-state index in [9.17, 15) is 0 Å². The first kappa shape index (κ1) is 14.3. The lowest BCUT2D eigenvalue weighted by atomic mass is 10.1. The lowest BCUT2D eigenvalue weighted by Gasteiger charge is -2.14. The van der Waals surface area contributed by atoms with Crippen LogP contribution in [0.4, 0.5) is 0 Å². The lowest BCUT2D eigenvalue weighted by molar-refractivity contribution is 0.295. The minimum atomic E-state index is -0.0637. The van der Waals surface area contributed by atoms with Gasteiger partial charge >= 0.3 is 0 Å². The number of nitrogens with zero attached hydrogens (tertiary/aromatic N) is 1. The van der Waals surface area contributed by atoms with E-state index in [1.54, 1.807) is 7.11 Å². The molecule has 1 aromatic heterocycles. The van der Waals surface area contributed by atoms with E-state index in [0.29, 0.717) is 6.61 Å². The van der Waals surface area contributed by atoms with Gasteiger partial charge < -0.3 is 15.2 Å². The van der Waals surface area contributed by atoms with Gasteiger partial charge in [-0.05, 0) is 19.9 Å². The van der Waals surface area contributed by atoms with E-state index in [0.717, 1.165) is 28.5 Å². The predicted octanol–water partition coefficient (Wildman–Crippen LogP) is 3.00. The second kappa shape index (κ2) is 6.39. The molecule has 0 saturated carbocycles. The maximum atomic E-state index is 5.94. The topological polar surface area (TPSA) is 57.4 Å². The molecule has 2 aromatic rings. The molecule has 0 radical (unpaired) electrons. The summed E-state index contributed by atoms with van der Waals surface area (Å²) < 4.78 is 11.1. The molecule has 0 aliphatic heterocycles. The van der Waals surface area contributed by atoms with Crippen molar-refractivity contribution in [1.82, 2.24) is 4.98 Å². The van der Waals surface area contributed by atoms with Crippen molar-refractivity contribution in [2.75, 3.05) is 7.11 Å². The Bertz CT molecular complexity index is 582. The van der Waals surface area contributed by atoms with Crippen LogP contribution in [0.15, 0.2) is 36.4 Å². The van der Waals surface area contributed by atoms with Crippen molar-refractivity contribution in [3.05, 3.63) is 53.3 Å². The zero-order valence-corrected chi connectivity index (χ0v) is 12.1. The van der Waals surface area contributed by atoms with Crippen LogP contribution in [0.25, 0.3) is 0 Å². The highest BCUT2D eigenvalue weighted by molar-refractivity contribution is 5.35. The van der Waals surface area contributed by atoms with Crippen molar-refractivity contribution in [3.63, 3.8) is 0 Å². The SMILES string of the molecule is COc1cc(C)nc(COc2ccccc2C(C)N)c1. The quantitative estimate of drug-likeness (QED) is 0.909. The number of benzene rings is 1. The van der Waals surface area contributed by atoms with E-state index in [-0.39, 0.29) is 6.04 Å². The van der Waals surface area contributed by atoms with Crippen molar-refractivity contribution in [2.24, 2.45) is 5.73 Å². The number of pyridine rings is 1. The highest BCUT2D eigenvalue weighted by atomic mass is 16.5. The van der Waals surface area contributed by atoms with Gasteiger partial charge in [-0.2, -0.15) is 0 Å². The van der Waals surface area contributed by atoms with Gasteiger partial charge in [-0.25, -0.2) is 0 Å². The molecule has 0 fully saturated rings. The molecule has 2 rings (SSSR count). The molecule has 1 aromatic carbocycles. The Kier molecular flexibility index (Phi) is 4.58. The first-order chi connectivity index (χ1) is 9.60. The second-order valence-electron chi connectivity index (χ2n) is 4.75. The number of aromatic nitrogens is 1. The monoisotopic (exact) mass is 272 g/mol. The fraction of sp³-hybridized carbons (Fsp3) is 0.312. The Labute approximate surface area is 119 Å². The Morgan fingerprint density at radius 2 is 2.00 bits per heavy atom. The Balaban J connectivity index is 2.15. The van der Waals surface area contributed by atoms with Crippen molar-refractivity contribution < 1.29 is 9.47 Å². The minimum absolute atomic E-state index is 0.0637. The van der Waals surface area contributed by atoms with Crippen molar-refractivity contribution in [2.45, 2.75) is 26.5 Å². The van der Waals surface area contributed by atoms with Gasteiger partial charge in [-0.15, -0.1) is 0 Å². The van der Waals surface area contributed by atoms with Crippen LogP contribution in [0, 0.1) is 6.92 Å². The van der Waals surface area contributed by atoms with Crippen molar-refractivity contribution in [1.29, 1.82) is 0 Å². The minimum Gasteiger partial charge on any atom is -0.497 e. The Hall–Kier alpha value is -2.07. The molecule has 1 heterocycles. The third kappa shape index (κ3) is 3.48. The summed E-state index contributed by atoms with van der Waals surface area (Å²) in [6.07, 6.45) is 0. The number of hydrogen-bond acceptors (Lipinski definition) is 4. The molecule has 0 spiro atoms.